The molecule has 1 aromatic heterocycles. The zero-order chi connectivity index (χ0) is 14.0. The van der Waals surface area contributed by atoms with E-state index in [0.29, 0.717) is 0 Å². The smallest absolute Gasteiger partial charge is 0.248 e. The highest BCUT2D eigenvalue weighted by molar-refractivity contribution is 5.94. The lowest BCUT2D eigenvalue weighted by atomic mass is 10.2. The maximum Gasteiger partial charge on any atom is 0.248 e. The Labute approximate surface area is 112 Å². The minimum Gasteiger partial charge on any atom is -0.293 e. The maximum atomic E-state index is 13.1. The van der Waals surface area contributed by atoms with E-state index in [0.717, 1.165) is 24.0 Å². The van der Waals surface area contributed by atoms with Gasteiger partial charge in [0.2, 0.25) is 5.91 Å². The average molecular weight is 262 g/mol. The number of hydrogen-bond acceptors (Lipinski definition) is 2. The molecule has 0 fully saturated rings. The van der Waals surface area contributed by atoms with Crippen LogP contribution in [0.3, 0.4) is 0 Å². The Kier molecular flexibility index (Phi) is 4.00. The van der Waals surface area contributed by atoms with E-state index in [9.17, 15) is 9.18 Å². The Morgan fingerprint density at radius 1 is 1.32 bits per heavy atom. The second-order valence-corrected chi connectivity index (χ2v) is 4.62. The third kappa shape index (κ3) is 2.54. The molecule has 0 unspecified atom stereocenters. The number of hydrogen-bond donors (Lipinski definition) is 0. The van der Waals surface area contributed by atoms with Crippen LogP contribution in [-0.4, -0.2) is 34.5 Å². The molecule has 1 heterocycles. The van der Waals surface area contributed by atoms with E-state index in [1.807, 2.05) is 20.8 Å². The second kappa shape index (κ2) is 5.53. The molecule has 2 aromatic rings. The number of nitrogens with zero attached hydrogens (tertiary/aromatic N) is 2. The maximum absolute atomic E-state index is 13.1. The Hall–Kier alpha value is -1.68. The lowest BCUT2D eigenvalue weighted by Crippen LogP contribution is -2.41. The van der Waals surface area contributed by atoms with E-state index < -0.39 is 0 Å². The summed E-state index contributed by atoms with van der Waals surface area (Å²) in [6.07, 6.45) is 1.71. The molecule has 0 bridgehead atoms. The summed E-state index contributed by atoms with van der Waals surface area (Å²) in [5.74, 6) is -0.264. The van der Waals surface area contributed by atoms with Crippen molar-refractivity contribution < 1.29 is 9.18 Å². The van der Waals surface area contributed by atoms with Crippen molar-refractivity contribution in [2.45, 2.75) is 26.8 Å². The zero-order valence-corrected chi connectivity index (χ0v) is 11.6. The molecule has 102 valence electrons. The van der Waals surface area contributed by atoms with Crippen LogP contribution in [0, 0.1) is 5.82 Å². The van der Waals surface area contributed by atoms with Gasteiger partial charge in [-0.3, -0.25) is 14.3 Å². The van der Waals surface area contributed by atoms with Gasteiger partial charge in [-0.15, -0.1) is 0 Å². The first-order valence-corrected chi connectivity index (χ1v) is 6.63. The highest BCUT2D eigenvalue weighted by Gasteiger charge is 2.21. The van der Waals surface area contributed by atoms with Crippen molar-refractivity contribution in [2.24, 2.45) is 0 Å². The van der Waals surface area contributed by atoms with Crippen LogP contribution in [0.15, 0.2) is 30.5 Å². The molecule has 0 amide bonds. The first kappa shape index (κ1) is 13.7. The standard InChI is InChI=1S/C15H19FN2O/c1-4-17(5-2)11(3)15(19)18-9-8-12-10-13(16)6-7-14(12)18/h6-11H,4-5H2,1-3H3/t11-/m1/s1. The average Bonchev–Trinajstić information content (AvgIpc) is 2.81. The van der Waals surface area contributed by atoms with Gasteiger partial charge in [0.15, 0.2) is 0 Å². The quantitative estimate of drug-likeness (QED) is 0.845. The van der Waals surface area contributed by atoms with Crippen LogP contribution in [0.4, 0.5) is 4.39 Å². The fourth-order valence-electron chi connectivity index (χ4n) is 2.43. The number of benzene rings is 1. The molecule has 0 aliphatic heterocycles. The molecular formula is C15H19FN2O. The number of rotatable bonds is 4. The van der Waals surface area contributed by atoms with Crippen LogP contribution in [0.1, 0.15) is 25.6 Å². The summed E-state index contributed by atoms with van der Waals surface area (Å²) in [5.41, 5.74) is 0.755. The molecule has 1 aromatic carbocycles. The highest BCUT2D eigenvalue weighted by atomic mass is 19.1. The van der Waals surface area contributed by atoms with Crippen molar-refractivity contribution in [2.75, 3.05) is 13.1 Å². The number of aromatic nitrogens is 1. The van der Waals surface area contributed by atoms with Gasteiger partial charge < -0.3 is 0 Å². The zero-order valence-electron chi connectivity index (χ0n) is 11.6. The fraction of sp³-hybridized carbons (Fsp3) is 0.400. The van der Waals surface area contributed by atoms with E-state index in [4.69, 9.17) is 0 Å². The van der Waals surface area contributed by atoms with Crippen LogP contribution >= 0.6 is 0 Å². The first-order chi connectivity index (χ1) is 9.08. The van der Waals surface area contributed by atoms with Crippen molar-refractivity contribution in [3.8, 4) is 0 Å². The van der Waals surface area contributed by atoms with Crippen molar-refractivity contribution >= 4 is 16.8 Å². The van der Waals surface area contributed by atoms with Crippen molar-refractivity contribution in [3.63, 3.8) is 0 Å². The van der Waals surface area contributed by atoms with E-state index in [2.05, 4.69) is 4.90 Å². The van der Waals surface area contributed by atoms with Gasteiger partial charge >= 0.3 is 0 Å². The molecule has 19 heavy (non-hydrogen) atoms. The molecule has 4 heteroatoms. The van der Waals surface area contributed by atoms with E-state index in [1.54, 1.807) is 22.9 Å². The number of fused-ring (bicyclic) bond motifs is 1. The predicted molar refractivity (Wildman–Crippen MR) is 74.9 cm³/mol. The first-order valence-electron chi connectivity index (χ1n) is 6.63. The molecule has 0 aliphatic rings. The van der Waals surface area contributed by atoms with Gasteiger partial charge in [0.1, 0.15) is 5.82 Å². The molecule has 0 saturated carbocycles. The van der Waals surface area contributed by atoms with Crippen molar-refractivity contribution in [3.05, 3.63) is 36.3 Å². The molecule has 1 atom stereocenters. The summed E-state index contributed by atoms with van der Waals surface area (Å²) in [7, 11) is 0. The topological polar surface area (TPSA) is 25.2 Å². The van der Waals surface area contributed by atoms with E-state index >= 15 is 0 Å². The normalized spacial score (nSPS) is 13.1. The Balaban J connectivity index is 2.36. The minimum atomic E-state index is -0.283. The van der Waals surface area contributed by atoms with Gasteiger partial charge in [-0.05, 0) is 44.3 Å². The lowest BCUT2D eigenvalue weighted by Gasteiger charge is -2.25. The van der Waals surface area contributed by atoms with E-state index in [1.165, 1.54) is 12.1 Å². The molecule has 2 rings (SSSR count). The van der Waals surface area contributed by atoms with Gasteiger partial charge in [0.05, 0.1) is 11.6 Å². The predicted octanol–water partition coefficient (Wildman–Crippen LogP) is 3.15. The Bertz CT molecular complexity index is 587. The summed E-state index contributed by atoms with van der Waals surface area (Å²) < 4.78 is 14.7. The van der Waals surface area contributed by atoms with Gasteiger partial charge in [-0.1, -0.05) is 13.8 Å². The van der Waals surface area contributed by atoms with Gasteiger partial charge in [0.25, 0.3) is 0 Å². The summed E-state index contributed by atoms with van der Waals surface area (Å²) >= 11 is 0. The number of likely N-dealkylation sites (N-methyl/N-ethyl adjacent to an activating group) is 1. The van der Waals surface area contributed by atoms with Crippen LogP contribution in [-0.2, 0) is 0 Å². The van der Waals surface area contributed by atoms with Gasteiger partial charge in [-0.2, -0.15) is 0 Å². The minimum absolute atomic E-state index is 0.0188. The second-order valence-electron chi connectivity index (χ2n) is 4.62. The molecule has 0 N–H and O–H groups in total. The molecule has 0 saturated heterocycles. The van der Waals surface area contributed by atoms with Crippen LogP contribution in [0.25, 0.3) is 10.9 Å². The van der Waals surface area contributed by atoms with Crippen molar-refractivity contribution in [1.82, 2.24) is 9.47 Å². The number of carbonyl (C=O) groups excluding carboxylic acids is 1. The monoisotopic (exact) mass is 262 g/mol. The van der Waals surface area contributed by atoms with Crippen molar-refractivity contribution in [1.29, 1.82) is 0 Å². The summed E-state index contributed by atoms with van der Waals surface area (Å²) in [6.45, 7) is 7.64. The van der Waals surface area contributed by atoms with Crippen LogP contribution in [0.2, 0.25) is 0 Å². The molecule has 3 nitrogen and oxygen atoms in total. The Morgan fingerprint density at radius 3 is 2.63 bits per heavy atom. The molecular weight excluding hydrogens is 243 g/mol. The summed E-state index contributed by atoms with van der Waals surface area (Å²) in [5, 5.41) is 0.750. The largest absolute Gasteiger partial charge is 0.293 e. The number of carbonyl (C=O) groups is 1. The summed E-state index contributed by atoms with van der Waals surface area (Å²) in [6, 6.07) is 6.06. The Morgan fingerprint density at radius 2 is 2.00 bits per heavy atom. The fourth-order valence-corrected chi connectivity index (χ4v) is 2.43. The molecule has 0 spiro atoms. The van der Waals surface area contributed by atoms with Crippen LogP contribution in [0.5, 0.6) is 0 Å². The molecule has 0 radical (unpaired) electrons. The van der Waals surface area contributed by atoms with Crippen LogP contribution < -0.4 is 0 Å². The lowest BCUT2D eigenvalue weighted by molar-refractivity contribution is 0.0769. The highest BCUT2D eigenvalue weighted by Crippen LogP contribution is 2.18. The molecule has 0 aliphatic carbocycles. The van der Waals surface area contributed by atoms with Gasteiger partial charge in [0, 0.05) is 11.6 Å². The third-order valence-electron chi connectivity index (χ3n) is 3.61. The SMILES string of the molecule is CCN(CC)[C@H](C)C(=O)n1ccc2cc(F)ccc21. The van der Waals surface area contributed by atoms with E-state index in [-0.39, 0.29) is 17.8 Å². The third-order valence-corrected chi connectivity index (χ3v) is 3.61. The number of halogens is 1. The van der Waals surface area contributed by atoms with Gasteiger partial charge in [-0.25, -0.2) is 4.39 Å². The summed E-state index contributed by atoms with van der Waals surface area (Å²) in [4.78, 5) is 14.6.